The van der Waals surface area contributed by atoms with Crippen LogP contribution in [0.15, 0.2) is 170 Å². The van der Waals surface area contributed by atoms with Crippen LogP contribution in [0.5, 0.6) is 5.75 Å². The number of carbonyl (C=O) groups is 6. The molecule has 2 aliphatic rings. The van der Waals surface area contributed by atoms with Gasteiger partial charge in [-0.05, 0) is 115 Å². The van der Waals surface area contributed by atoms with E-state index in [1.807, 2.05) is 24.0 Å². The highest BCUT2D eigenvalue weighted by Crippen LogP contribution is 2.42. The number of carbonyl (C=O) groups excluding carboxylic acids is 5. The summed E-state index contributed by atoms with van der Waals surface area (Å²) in [6, 6.07) is 34.4. The number of anilines is 1. The average molecular weight is 1110 g/mol. The van der Waals surface area contributed by atoms with Gasteiger partial charge in [0, 0.05) is 101 Å². The van der Waals surface area contributed by atoms with E-state index in [1.165, 1.54) is 90.3 Å². The molecule has 408 valence electrons. The highest BCUT2D eigenvalue weighted by molar-refractivity contribution is 8.02. The average Bonchev–Trinajstić information content (AvgIpc) is 3.48. The third-order valence-corrected chi connectivity index (χ3v) is 13.6. The van der Waals surface area contributed by atoms with Crippen molar-refractivity contribution in [2.75, 3.05) is 43.4 Å². The summed E-state index contributed by atoms with van der Waals surface area (Å²) < 4.78 is 5.89. The van der Waals surface area contributed by atoms with Gasteiger partial charge in [-0.3, -0.25) is 38.9 Å². The second-order valence-corrected chi connectivity index (χ2v) is 18.9. The molecule has 0 saturated heterocycles. The predicted molar refractivity (Wildman–Crippen MR) is 308 cm³/mol. The zero-order valence-electron chi connectivity index (χ0n) is 43.2. The molecule has 20 nitrogen and oxygen atoms in total. The summed E-state index contributed by atoms with van der Waals surface area (Å²) >= 11 is 1.12. The summed E-state index contributed by atoms with van der Waals surface area (Å²) in [5, 5.41) is 54.3. The molecular formula is C60H50N8O12S. The molecule has 1 aliphatic heterocycles. The number of nitrogens with zero attached hydrogens (tertiary/aromatic N) is 4. The molecule has 0 spiro atoms. The van der Waals surface area contributed by atoms with Crippen LogP contribution in [0, 0.1) is 22.5 Å². The number of ketones is 1. The van der Waals surface area contributed by atoms with Crippen molar-refractivity contribution in [1.29, 1.82) is 0 Å². The quantitative estimate of drug-likeness (QED) is 0.00509. The fraction of sp³-hybridized carbons (Fsp3) is 0.150. The number of phenolic OH excluding ortho intramolecular Hbond substituents is 1. The number of terminal acetylenes is 1. The van der Waals surface area contributed by atoms with Gasteiger partial charge in [0.1, 0.15) is 23.1 Å². The minimum absolute atomic E-state index is 0.00403. The Bertz CT molecular complexity index is 3870. The molecule has 6 aromatic rings. The summed E-state index contributed by atoms with van der Waals surface area (Å²) in [5.74, 6) is -1.13. The first-order valence-corrected chi connectivity index (χ1v) is 26.2. The van der Waals surface area contributed by atoms with Crippen LogP contribution in [-0.2, 0) is 9.59 Å². The second kappa shape index (κ2) is 26.3. The molecule has 6 N–H and O–H groups in total. The molecule has 1 atom stereocenters. The zero-order valence-corrected chi connectivity index (χ0v) is 44.0. The topological polar surface area (TPSA) is 292 Å². The minimum atomic E-state index is -1.27. The van der Waals surface area contributed by atoms with Crippen LogP contribution in [-0.4, -0.2) is 95.0 Å². The van der Waals surface area contributed by atoms with Crippen molar-refractivity contribution in [3.05, 3.63) is 194 Å². The van der Waals surface area contributed by atoms with Gasteiger partial charge in [-0.1, -0.05) is 36.3 Å². The lowest BCUT2D eigenvalue weighted by Gasteiger charge is -2.23. The van der Waals surface area contributed by atoms with Crippen LogP contribution in [0.1, 0.15) is 54.8 Å². The van der Waals surface area contributed by atoms with E-state index >= 15 is 0 Å². The van der Waals surface area contributed by atoms with E-state index < -0.39 is 34.7 Å². The molecule has 0 fully saturated rings. The minimum Gasteiger partial charge on any atom is -0.508 e. The van der Waals surface area contributed by atoms with Gasteiger partial charge in [0.05, 0.1) is 33.8 Å². The van der Waals surface area contributed by atoms with Crippen molar-refractivity contribution in [3.8, 4) is 40.5 Å². The number of hydrogen-bond donors (Lipinski definition) is 6. The number of benzene rings is 7. The first kappa shape index (κ1) is 56.7. The number of hydrogen-bond acceptors (Lipinski definition) is 15. The summed E-state index contributed by atoms with van der Waals surface area (Å²) in [5.41, 5.74) is 3.10. The molecule has 0 aromatic heterocycles. The fourth-order valence-corrected chi connectivity index (χ4v) is 9.46. The number of nitro benzene ring substituents is 1. The number of phenols is 1. The highest BCUT2D eigenvalue weighted by atomic mass is 32.2. The van der Waals surface area contributed by atoms with Crippen molar-refractivity contribution in [1.82, 2.24) is 21.3 Å². The predicted octanol–water partition coefficient (Wildman–Crippen LogP) is 9.19. The number of allylic oxidation sites excluding steroid dienone is 1. The Morgan fingerprint density at radius 1 is 0.790 bits per heavy atom. The second-order valence-electron chi connectivity index (χ2n) is 18.0. The van der Waals surface area contributed by atoms with Gasteiger partial charge in [-0.25, -0.2) is 4.79 Å². The maximum Gasteiger partial charge on any atom is 0.336 e. The van der Waals surface area contributed by atoms with Crippen molar-refractivity contribution >= 4 is 91.6 Å². The van der Waals surface area contributed by atoms with Crippen LogP contribution >= 0.6 is 11.8 Å². The lowest BCUT2D eigenvalue weighted by Crippen LogP contribution is -2.48. The van der Waals surface area contributed by atoms with Crippen LogP contribution in [0.4, 0.5) is 22.7 Å². The van der Waals surface area contributed by atoms with Gasteiger partial charge in [-0.15, -0.1) is 23.3 Å². The number of fused-ring (bicyclic) bond motifs is 3. The maximum atomic E-state index is 13.4. The molecule has 4 amide bonds. The third-order valence-electron chi connectivity index (χ3n) is 12.7. The van der Waals surface area contributed by atoms with Crippen LogP contribution in [0.3, 0.4) is 0 Å². The summed E-state index contributed by atoms with van der Waals surface area (Å²) in [6.07, 6.45) is 6.71. The van der Waals surface area contributed by atoms with Crippen molar-refractivity contribution in [2.24, 2.45) is 10.2 Å². The number of carboxylic acids is 1. The Hall–Kier alpha value is -10.5. The molecule has 0 bridgehead atoms. The SMILES string of the molecule is C#CCNC(=O)[C@H](CS/C=C/C(=O)c1ccc(C(=O)NCCNC(=O)c2ccc(C(=O)O)c(-c3c4ccc(=O)cc-4oc4cc(O)ccc34)c2)cc1)NC(=O)CCN(CC)c1ccc(N=Nc2ccc([N+](=O)[O-])c3ccccc23)cc1. The molecule has 6 aromatic carbocycles. The van der Waals surface area contributed by atoms with E-state index in [0.29, 0.717) is 51.7 Å². The van der Waals surface area contributed by atoms with E-state index in [1.54, 1.807) is 48.5 Å². The van der Waals surface area contributed by atoms with E-state index in [-0.39, 0.29) is 99.5 Å². The first-order chi connectivity index (χ1) is 39.1. The van der Waals surface area contributed by atoms with Gasteiger partial charge in [0.25, 0.3) is 17.5 Å². The Balaban J connectivity index is 0.803. The molecule has 0 radical (unpaired) electrons. The number of carboxylic acid groups (broad SMARTS) is 1. The standard InChI is InChI=1S/C60H50N8O12S/c1-3-27-61-59(75)50(64-55(72)25-30-67(4-2)40-16-14-39(15-17-40)65-66-49-23-24-51(68(78)79)44-8-6-5-7-43(44)49)35-81-31-26-52(71)36-9-11-37(12-10-36)57(73)62-28-29-63-58(74)38-13-20-45(60(76)77)48(32-38)56-46-21-18-41(69)33-53(46)80-54-34-42(70)19-22-47(54)56/h1,5-24,26,31-34,50,69H,4,25,27-30,35H2,2H3,(H,61,75)(H,62,73)(H,63,74)(H,64,72)(H,76,77)/b31-26+,66-65?/t50-/m0/s1. The molecular weight excluding hydrogens is 1060 g/mol. The monoisotopic (exact) mass is 1110 g/mol. The number of nitro groups is 1. The molecule has 1 heterocycles. The number of nitrogens with one attached hydrogen (secondary N) is 4. The van der Waals surface area contributed by atoms with Gasteiger partial charge in [0.15, 0.2) is 11.2 Å². The maximum absolute atomic E-state index is 13.4. The first-order valence-electron chi connectivity index (χ1n) is 25.1. The Morgan fingerprint density at radius 3 is 2.20 bits per heavy atom. The zero-order chi connectivity index (χ0) is 57.6. The number of thioether (sulfide) groups is 1. The van der Waals surface area contributed by atoms with E-state index in [9.17, 15) is 53.9 Å². The normalized spacial score (nSPS) is 11.6. The molecule has 0 unspecified atom stereocenters. The third kappa shape index (κ3) is 14.0. The number of azo groups is 1. The highest BCUT2D eigenvalue weighted by Gasteiger charge is 2.25. The van der Waals surface area contributed by atoms with Crippen LogP contribution in [0.2, 0.25) is 0 Å². The number of rotatable bonds is 23. The number of non-ortho nitro benzene ring substituents is 1. The van der Waals surface area contributed by atoms with Gasteiger partial charge < -0.3 is 40.8 Å². The molecule has 21 heteroatoms. The molecule has 0 saturated carbocycles. The Morgan fingerprint density at radius 2 is 1.49 bits per heavy atom. The van der Waals surface area contributed by atoms with Crippen molar-refractivity contribution in [2.45, 2.75) is 19.4 Å². The fourth-order valence-electron chi connectivity index (χ4n) is 8.70. The lowest BCUT2D eigenvalue weighted by molar-refractivity contribution is -0.383. The van der Waals surface area contributed by atoms with E-state index in [2.05, 4.69) is 37.4 Å². The number of aromatic carboxylic acids is 1. The van der Waals surface area contributed by atoms with Crippen molar-refractivity contribution < 1.29 is 48.3 Å². The van der Waals surface area contributed by atoms with E-state index in [4.69, 9.17) is 10.8 Å². The summed E-state index contributed by atoms with van der Waals surface area (Å²) in [7, 11) is 0. The largest absolute Gasteiger partial charge is 0.508 e. The summed E-state index contributed by atoms with van der Waals surface area (Å²) in [6.45, 7) is 2.77. The molecule has 81 heavy (non-hydrogen) atoms. The lowest BCUT2D eigenvalue weighted by atomic mass is 9.89. The van der Waals surface area contributed by atoms with E-state index in [0.717, 1.165) is 17.4 Å². The van der Waals surface area contributed by atoms with Crippen molar-refractivity contribution in [3.63, 3.8) is 0 Å². The number of amides is 4. The molecule has 1 aliphatic carbocycles. The van der Waals surface area contributed by atoms with Gasteiger partial charge in [-0.2, -0.15) is 5.11 Å². The Kier molecular flexibility index (Phi) is 18.4. The van der Waals surface area contributed by atoms with Gasteiger partial charge in [0.2, 0.25) is 11.8 Å². The summed E-state index contributed by atoms with van der Waals surface area (Å²) in [4.78, 5) is 104. The van der Waals surface area contributed by atoms with Gasteiger partial charge >= 0.3 is 5.97 Å². The van der Waals surface area contributed by atoms with Crippen LogP contribution in [0.25, 0.3) is 44.2 Å². The molecule has 8 rings (SSSR count). The number of aromatic hydroxyl groups is 1. The van der Waals surface area contributed by atoms with Crippen LogP contribution < -0.4 is 31.6 Å². The Labute approximate surface area is 466 Å². The smallest absolute Gasteiger partial charge is 0.336 e.